The maximum atomic E-state index is 11.2. The average Bonchev–Trinajstić information content (AvgIpc) is 2.31. The van der Waals surface area contributed by atoms with Gasteiger partial charge >= 0.3 is 6.03 Å². The van der Waals surface area contributed by atoms with E-state index in [1.807, 2.05) is 30.3 Å². The highest BCUT2D eigenvalue weighted by Gasteiger charge is 1.98. The molecule has 0 aliphatic carbocycles. The van der Waals surface area contributed by atoms with Crippen molar-refractivity contribution in [2.75, 3.05) is 19.2 Å². The maximum absolute atomic E-state index is 11.2. The molecule has 0 radical (unpaired) electrons. The Balaban J connectivity index is 2.09. The van der Waals surface area contributed by atoms with Crippen molar-refractivity contribution in [2.45, 2.75) is 6.42 Å². The van der Waals surface area contributed by atoms with Crippen LogP contribution in [0.5, 0.6) is 5.75 Å². The monoisotopic (exact) mass is 242 g/mol. The van der Waals surface area contributed by atoms with Crippen molar-refractivity contribution in [3.8, 4) is 5.75 Å². The molecule has 4 nitrogen and oxygen atoms in total. The van der Waals surface area contributed by atoms with Gasteiger partial charge < -0.3 is 15.4 Å². The van der Waals surface area contributed by atoms with Gasteiger partial charge in [0.2, 0.25) is 0 Å². The molecule has 0 aliphatic heterocycles. The summed E-state index contributed by atoms with van der Waals surface area (Å²) in [7, 11) is 0. The van der Waals surface area contributed by atoms with Gasteiger partial charge in [0, 0.05) is 12.4 Å². The number of ether oxygens (including phenoxy) is 1. The number of hydrogen-bond donors (Lipinski definition) is 2. The second-order valence-electron chi connectivity index (χ2n) is 3.08. The first kappa shape index (κ1) is 12.6. The minimum absolute atomic E-state index is 0.150. The van der Waals surface area contributed by atoms with Crippen LogP contribution in [0.15, 0.2) is 30.3 Å². The van der Waals surface area contributed by atoms with Crippen LogP contribution < -0.4 is 15.4 Å². The van der Waals surface area contributed by atoms with Crippen molar-refractivity contribution in [3.63, 3.8) is 0 Å². The molecule has 0 aromatic heterocycles. The fourth-order valence-corrected chi connectivity index (χ4v) is 1.17. The molecule has 0 saturated heterocycles. The molecule has 0 atom stereocenters. The van der Waals surface area contributed by atoms with Crippen molar-refractivity contribution in [2.24, 2.45) is 0 Å². The summed E-state index contributed by atoms with van der Waals surface area (Å²) >= 11 is 5.47. The number of carbonyl (C=O) groups is 1. The molecule has 1 rings (SSSR count). The minimum Gasteiger partial charge on any atom is -0.473 e. The van der Waals surface area contributed by atoms with Gasteiger partial charge in [0.25, 0.3) is 0 Å². The molecule has 2 amide bonds. The summed E-state index contributed by atoms with van der Waals surface area (Å²) in [6, 6.07) is 9.05. The lowest BCUT2D eigenvalue weighted by atomic mass is 10.3. The molecule has 0 fully saturated rings. The highest BCUT2D eigenvalue weighted by atomic mass is 35.5. The lowest BCUT2D eigenvalue weighted by molar-refractivity contribution is 0.224. The van der Waals surface area contributed by atoms with Crippen LogP contribution in [0.25, 0.3) is 0 Å². The maximum Gasteiger partial charge on any atom is 0.317 e. The Bertz CT molecular complexity index is 306. The molecule has 0 unspecified atom stereocenters. The third-order valence-corrected chi connectivity index (χ3v) is 2.08. The molecule has 1 aromatic carbocycles. The molecule has 88 valence electrons. The predicted molar refractivity (Wildman–Crippen MR) is 63.8 cm³/mol. The van der Waals surface area contributed by atoms with Crippen molar-refractivity contribution in [1.29, 1.82) is 0 Å². The lowest BCUT2D eigenvalue weighted by Crippen LogP contribution is -2.38. The van der Waals surface area contributed by atoms with Gasteiger partial charge in [-0.2, -0.15) is 0 Å². The van der Waals surface area contributed by atoms with E-state index >= 15 is 0 Å². The van der Waals surface area contributed by atoms with Crippen LogP contribution in [0.1, 0.15) is 6.42 Å². The number of nitrogens with one attached hydrogen (secondary N) is 2. The van der Waals surface area contributed by atoms with Gasteiger partial charge in [-0.15, -0.1) is 11.6 Å². The van der Waals surface area contributed by atoms with Gasteiger partial charge in [-0.1, -0.05) is 18.2 Å². The minimum atomic E-state index is -0.249. The van der Waals surface area contributed by atoms with Crippen LogP contribution >= 0.6 is 11.6 Å². The highest BCUT2D eigenvalue weighted by Crippen LogP contribution is 2.06. The Labute approximate surface area is 99.9 Å². The highest BCUT2D eigenvalue weighted by molar-refractivity contribution is 6.17. The first-order valence-electron chi connectivity index (χ1n) is 5.08. The van der Waals surface area contributed by atoms with E-state index in [-0.39, 0.29) is 12.8 Å². The smallest absolute Gasteiger partial charge is 0.317 e. The van der Waals surface area contributed by atoms with Crippen molar-refractivity contribution in [3.05, 3.63) is 30.3 Å². The molecular weight excluding hydrogens is 228 g/mol. The van der Waals surface area contributed by atoms with E-state index in [1.54, 1.807) is 0 Å². The third-order valence-electron chi connectivity index (χ3n) is 1.81. The topological polar surface area (TPSA) is 50.4 Å². The molecule has 0 aliphatic rings. The summed E-state index contributed by atoms with van der Waals surface area (Å²) in [6.45, 7) is 0.720. The summed E-state index contributed by atoms with van der Waals surface area (Å²) in [6.07, 6.45) is 0.758. The Morgan fingerprint density at radius 3 is 2.69 bits per heavy atom. The second kappa shape index (κ2) is 7.82. The normalized spacial score (nSPS) is 9.56. The molecule has 2 N–H and O–H groups in total. The van der Waals surface area contributed by atoms with Crippen LogP contribution in [0.4, 0.5) is 4.79 Å². The van der Waals surface area contributed by atoms with Gasteiger partial charge in [0.05, 0.1) is 0 Å². The molecule has 0 spiro atoms. The van der Waals surface area contributed by atoms with Gasteiger partial charge in [0.15, 0.2) is 6.73 Å². The number of carbonyl (C=O) groups excluding carboxylic acids is 1. The van der Waals surface area contributed by atoms with E-state index in [0.717, 1.165) is 12.2 Å². The van der Waals surface area contributed by atoms with Crippen LogP contribution in [0, 0.1) is 0 Å². The van der Waals surface area contributed by atoms with E-state index in [2.05, 4.69) is 10.6 Å². The summed E-state index contributed by atoms with van der Waals surface area (Å²) < 4.78 is 5.28. The number of para-hydroxylation sites is 1. The molecule has 1 aromatic rings. The molecule has 0 saturated carbocycles. The molecule has 5 heteroatoms. The van der Waals surface area contributed by atoms with Gasteiger partial charge in [-0.05, 0) is 18.6 Å². The van der Waals surface area contributed by atoms with E-state index in [1.165, 1.54) is 0 Å². The largest absolute Gasteiger partial charge is 0.473 e. The number of hydrogen-bond acceptors (Lipinski definition) is 2. The number of urea groups is 1. The summed E-state index contributed by atoms with van der Waals surface area (Å²) in [5.41, 5.74) is 0. The Morgan fingerprint density at radius 1 is 1.25 bits per heavy atom. The second-order valence-corrected chi connectivity index (χ2v) is 3.45. The van der Waals surface area contributed by atoms with Crippen LogP contribution in [0.2, 0.25) is 0 Å². The summed E-state index contributed by atoms with van der Waals surface area (Å²) in [5, 5.41) is 5.23. The van der Waals surface area contributed by atoms with Crippen molar-refractivity contribution < 1.29 is 9.53 Å². The van der Waals surface area contributed by atoms with E-state index < -0.39 is 0 Å². The fourth-order valence-electron chi connectivity index (χ4n) is 1.03. The zero-order chi connectivity index (χ0) is 11.6. The molecule has 0 bridgehead atoms. The standard InChI is InChI=1S/C11H15ClN2O2/c12-7-4-8-13-11(15)14-9-16-10-5-2-1-3-6-10/h1-3,5-6H,4,7-9H2,(H2,13,14,15). The van der Waals surface area contributed by atoms with Crippen LogP contribution in [0.3, 0.4) is 0 Å². The quantitative estimate of drug-likeness (QED) is 0.455. The number of benzene rings is 1. The van der Waals surface area contributed by atoms with Crippen LogP contribution in [-0.2, 0) is 0 Å². The lowest BCUT2D eigenvalue weighted by Gasteiger charge is -2.08. The Hall–Kier alpha value is -1.42. The zero-order valence-electron chi connectivity index (χ0n) is 8.91. The Morgan fingerprint density at radius 2 is 2.00 bits per heavy atom. The Kier molecular flexibility index (Phi) is 6.18. The van der Waals surface area contributed by atoms with E-state index in [4.69, 9.17) is 16.3 Å². The van der Waals surface area contributed by atoms with E-state index in [9.17, 15) is 4.79 Å². The third kappa shape index (κ3) is 5.46. The summed E-state index contributed by atoms with van der Waals surface area (Å²) in [5.74, 6) is 1.27. The SMILES string of the molecule is O=C(NCCCCl)NCOc1ccccc1. The van der Waals surface area contributed by atoms with Gasteiger partial charge in [-0.3, -0.25) is 0 Å². The zero-order valence-corrected chi connectivity index (χ0v) is 9.67. The molecular formula is C11H15ClN2O2. The number of halogens is 1. The van der Waals surface area contributed by atoms with Gasteiger partial charge in [-0.25, -0.2) is 4.79 Å². The molecule has 0 heterocycles. The van der Waals surface area contributed by atoms with Crippen LogP contribution in [-0.4, -0.2) is 25.2 Å². The predicted octanol–water partition coefficient (Wildman–Crippen LogP) is 1.95. The first-order chi connectivity index (χ1) is 7.83. The number of amides is 2. The molecule has 16 heavy (non-hydrogen) atoms. The number of rotatable bonds is 6. The van der Waals surface area contributed by atoms with E-state index in [0.29, 0.717) is 12.4 Å². The van der Waals surface area contributed by atoms with Crippen molar-refractivity contribution in [1.82, 2.24) is 10.6 Å². The first-order valence-corrected chi connectivity index (χ1v) is 5.62. The fraction of sp³-hybridized carbons (Fsp3) is 0.364. The van der Waals surface area contributed by atoms with Gasteiger partial charge in [0.1, 0.15) is 5.75 Å². The van der Waals surface area contributed by atoms with Crippen molar-refractivity contribution >= 4 is 17.6 Å². The number of alkyl halides is 1. The summed E-state index contributed by atoms with van der Waals surface area (Å²) in [4.78, 5) is 11.2. The average molecular weight is 243 g/mol.